The molecule has 2 aliphatic rings. The van der Waals surface area contributed by atoms with E-state index in [1.165, 1.54) is 77.0 Å². The molecular formula is C26H42O2. The summed E-state index contributed by atoms with van der Waals surface area (Å²) in [5.74, 6) is 2.49. The molecule has 0 radical (unpaired) electrons. The molecule has 1 aliphatic carbocycles. The highest BCUT2D eigenvalue weighted by Crippen LogP contribution is 2.42. The number of hydrogen-bond donors (Lipinski definition) is 0. The lowest BCUT2D eigenvalue weighted by molar-refractivity contribution is 0.0298. The zero-order valence-corrected chi connectivity index (χ0v) is 18.5. The molecule has 1 heterocycles. The summed E-state index contributed by atoms with van der Waals surface area (Å²) in [6.07, 6.45) is 17.3. The zero-order valence-electron chi connectivity index (χ0n) is 18.5. The van der Waals surface area contributed by atoms with Crippen molar-refractivity contribution < 1.29 is 9.47 Å². The topological polar surface area (TPSA) is 21.8 Å². The maximum Gasteiger partial charge on any atom is 0.120 e. The van der Waals surface area contributed by atoms with Crippen LogP contribution >= 0.6 is 0 Å². The highest BCUT2D eigenvalue weighted by atomic mass is 16.6. The number of benzene rings is 1. The van der Waals surface area contributed by atoms with Crippen LogP contribution in [0.5, 0.6) is 5.75 Å². The molecule has 158 valence electrons. The first-order chi connectivity index (χ1) is 13.6. The maximum atomic E-state index is 6.50. The molecule has 1 saturated heterocycles. The fourth-order valence-corrected chi connectivity index (χ4v) is 5.07. The van der Waals surface area contributed by atoms with E-state index in [2.05, 4.69) is 51.1 Å². The molecule has 1 aromatic carbocycles. The number of hydrogen-bond acceptors (Lipinski definition) is 2. The van der Waals surface area contributed by atoms with Crippen LogP contribution in [0.4, 0.5) is 0 Å². The van der Waals surface area contributed by atoms with Crippen molar-refractivity contribution in [3.63, 3.8) is 0 Å². The number of rotatable bonds is 13. The molecule has 1 aromatic rings. The van der Waals surface area contributed by atoms with E-state index in [0.29, 0.717) is 18.1 Å². The average molecular weight is 387 g/mol. The number of unbranched alkanes of at least 4 members (excludes halogenated alkanes) is 5. The smallest absolute Gasteiger partial charge is 0.120 e. The number of para-hydroxylation sites is 1. The lowest BCUT2D eigenvalue weighted by Crippen LogP contribution is -2.38. The first kappa shape index (κ1) is 21.7. The summed E-state index contributed by atoms with van der Waals surface area (Å²) in [5, 5.41) is 0. The molecular weight excluding hydrogens is 344 g/mol. The molecule has 1 aliphatic heterocycles. The van der Waals surface area contributed by atoms with Crippen molar-refractivity contribution in [1.29, 1.82) is 0 Å². The minimum Gasteiger partial charge on any atom is -0.488 e. The van der Waals surface area contributed by atoms with E-state index in [9.17, 15) is 0 Å². The number of epoxide rings is 1. The summed E-state index contributed by atoms with van der Waals surface area (Å²) in [7, 11) is 0. The maximum absolute atomic E-state index is 6.50. The molecule has 2 fully saturated rings. The van der Waals surface area contributed by atoms with Gasteiger partial charge in [0.2, 0.25) is 0 Å². The Morgan fingerprint density at radius 3 is 2.46 bits per heavy atom. The third-order valence-electron chi connectivity index (χ3n) is 7.05. The molecule has 0 spiro atoms. The van der Waals surface area contributed by atoms with Gasteiger partial charge in [0, 0.05) is 0 Å². The van der Waals surface area contributed by atoms with Gasteiger partial charge in [-0.25, -0.2) is 0 Å². The molecule has 2 nitrogen and oxygen atoms in total. The van der Waals surface area contributed by atoms with Gasteiger partial charge in [-0.15, -0.1) is 0 Å². The fraction of sp³-hybridized carbons (Fsp3) is 0.769. The lowest BCUT2D eigenvalue weighted by Gasteiger charge is -2.36. The summed E-state index contributed by atoms with van der Waals surface area (Å²) in [4.78, 5) is 0. The number of fused-ring (bicyclic) bond motifs is 1. The first-order valence-electron chi connectivity index (χ1n) is 12.0. The van der Waals surface area contributed by atoms with Gasteiger partial charge in [0.05, 0.1) is 12.2 Å². The van der Waals surface area contributed by atoms with Crippen LogP contribution in [-0.4, -0.2) is 17.8 Å². The van der Waals surface area contributed by atoms with Crippen molar-refractivity contribution in [2.75, 3.05) is 0 Å². The third kappa shape index (κ3) is 6.79. The van der Waals surface area contributed by atoms with Crippen LogP contribution in [0.3, 0.4) is 0 Å². The summed E-state index contributed by atoms with van der Waals surface area (Å²) in [6.45, 7) is 6.91. The van der Waals surface area contributed by atoms with Gasteiger partial charge in [-0.05, 0) is 76.3 Å². The standard InChI is InChI=1S/C26H42O2/c1-4-5-6-7-8-10-13-22(18-16-21-17-19-24-25(20-21)27-24)26(2,3)28-23-14-11-9-12-15-23/h9,11-12,14-15,21-22,24-25H,4-8,10,13,16-20H2,1-3H3. The highest BCUT2D eigenvalue weighted by molar-refractivity contribution is 5.22. The van der Waals surface area contributed by atoms with Gasteiger partial charge in [-0.3, -0.25) is 0 Å². The normalized spacial score (nSPS) is 25.2. The lowest BCUT2D eigenvalue weighted by atomic mass is 9.78. The van der Waals surface area contributed by atoms with E-state index < -0.39 is 0 Å². The third-order valence-corrected chi connectivity index (χ3v) is 7.05. The Hall–Kier alpha value is -1.02. The molecule has 1 saturated carbocycles. The minimum atomic E-state index is -0.113. The molecule has 4 atom stereocenters. The van der Waals surface area contributed by atoms with Gasteiger partial charge < -0.3 is 9.47 Å². The second-order valence-corrected chi connectivity index (χ2v) is 9.74. The molecule has 28 heavy (non-hydrogen) atoms. The first-order valence-corrected chi connectivity index (χ1v) is 12.0. The molecule has 0 amide bonds. The Bertz CT molecular complexity index is 553. The SMILES string of the molecule is CCCCCCCCC(CCC1CCC2OC2C1)C(C)(C)Oc1ccccc1. The van der Waals surface area contributed by atoms with Crippen LogP contribution in [-0.2, 0) is 4.74 Å². The molecule has 4 unspecified atom stereocenters. The van der Waals surface area contributed by atoms with E-state index in [1.54, 1.807) is 0 Å². The average Bonchev–Trinajstić information content (AvgIpc) is 3.46. The summed E-state index contributed by atoms with van der Waals surface area (Å²) in [6, 6.07) is 10.4. The predicted molar refractivity (Wildman–Crippen MR) is 118 cm³/mol. The van der Waals surface area contributed by atoms with Gasteiger partial charge in [0.25, 0.3) is 0 Å². The fourth-order valence-electron chi connectivity index (χ4n) is 5.07. The highest BCUT2D eigenvalue weighted by Gasteiger charge is 2.44. The van der Waals surface area contributed by atoms with Crippen LogP contribution in [0.1, 0.15) is 97.8 Å². The predicted octanol–water partition coefficient (Wildman–Crippen LogP) is 7.56. The largest absolute Gasteiger partial charge is 0.488 e. The van der Waals surface area contributed by atoms with Crippen molar-refractivity contribution in [2.45, 2.75) is 116 Å². The van der Waals surface area contributed by atoms with E-state index in [-0.39, 0.29) is 5.60 Å². The van der Waals surface area contributed by atoms with Crippen molar-refractivity contribution in [1.82, 2.24) is 0 Å². The molecule has 3 rings (SSSR count). The van der Waals surface area contributed by atoms with Crippen molar-refractivity contribution in [3.05, 3.63) is 30.3 Å². The van der Waals surface area contributed by atoms with Crippen molar-refractivity contribution in [2.24, 2.45) is 11.8 Å². The van der Waals surface area contributed by atoms with Crippen molar-refractivity contribution in [3.8, 4) is 5.75 Å². The monoisotopic (exact) mass is 386 g/mol. The molecule has 0 N–H and O–H groups in total. The Morgan fingerprint density at radius 2 is 1.71 bits per heavy atom. The van der Waals surface area contributed by atoms with Gasteiger partial charge >= 0.3 is 0 Å². The summed E-state index contributed by atoms with van der Waals surface area (Å²) < 4.78 is 12.3. The molecule has 2 heteroatoms. The Labute approximate surface area is 173 Å². The van der Waals surface area contributed by atoms with Crippen LogP contribution in [0.15, 0.2) is 30.3 Å². The second kappa shape index (κ2) is 10.7. The van der Waals surface area contributed by atoms with E-state index in [1.807, 2.05) is 0 Å². The minimum absolute atomic E-state index is 0.113. The molecule has 0 bridgehead atoms. The van der Waals surface area contributed by atoms with Gasteiger partial charge in [-0.1, -0.05) is 63.6 Å². The van der Waals surface area contributed by atoms with Crippen LogP contribution < -0.4 is 4.74 Å². The van der Waals surface area contributed by atoms with Crippen LogP contribution in [0.25, 0.3) is 0 Å². The van der Waals surface area contributed by atoms with Crippen molar-refractivity contribution >= 4 is 0 Å². The Kier molecular flexibility index (Phi) is 8.26. The quantitative estimate of drug-likeness (QED) is 0.258. The van der Waals surface area contributed by atoms with Gasteiger partial charge in [0.15, 0.2) is 0 Å². The van der Waals surface area contributed by atoms with Gasteiger partial charge in [0.1, 0.15) is 11.4 Å². The summed E-state index contributed by atoms with van der Waals surface area (Å²) >= 11 is 0. The molecule has 0 aromatic heterocycles. The Morgan fingerprint density at radius 1 is 0.964 bits per heavy atom. The van der Waals surface area contributed by atoms with E-state index >= 15 is 0 Å². The second-order valence-electron chi connectivity index (χ2n) is 9.74. The van der Waals surface area contributed by atoms with E-state index in [0.717, 1.165) is 11.7 Å². The summed E-state index contributed by atoms with van der Waals surface area (Å²) in [5.41, 5.74) is -0.113. The van der Waals surface area contributed by atoms with E-state index in [4.69, 9.17) is 9.47 Å². The Balaban J connectivity index is 1.51. The zero-order chi connectivity index (χ0) is 19.8. The van der Waals surface area contributed by atoms with Gasteiger partial charge in [-0.2, -0.15) is 0 Å². The van der Waals surface area contributed by atoms with Crippen LogP contribution in [0.2, 0.25) is 0 Å². The number of ether oxygens (including phenoxy) is 2. The van der Waals surface area contributed by atoms with Crippen LogP contribution in [0, 0.1) is 11.8 Å².